The quantitative estimate of drug-likeness (QED) is 0.587. The van der Waals surface area contributed by atoms with Gasteiger partial charge in [0.15, 0.2) is 0 Å². The second-order valence-electron chi connectivity index (χ2n) is 4.06. The fourth-order valence-corrected chi connectivity index (χ4v) is 1.69. The van der Waals surface area contributed by atoms with Gasteiger partial charge >= 0.3 is 6.18 Å². The highest BCUT2D eigenvalue weighted by molar-refractivity contribution is 5.57. The Bertz CT molecular complexity index is 476. The van der Waals surface area contributed by atoms with Crippen LogP contribution in [0.25, 0.3) is 0 Å². The van der Waals surface area contributed by atoms with Gasteiger partial charge < -0.3 is 5.73 Å². The molecule has 0 atom stereocenters. The van der Waals surface area contributed by atoms with Crippen LogP contribution in [-0.4, -0.2) is 0 Å². The van der Waals surface area contributed by atoms with E-state index in [9.17, 15) is 13.2 Å². The fourth-order valence-electron chi connectivity index (χ4n) is 1.69. The van der Waals surface area contributed by atoms with Crippen LogP contribution in [0.4, 0.5) is 18.9 Å². The highest BCUT2D eigenvalue weighted by Gasteiger charge is 2.36. The molecular formula is C13H14F3N. The van der Waals surface area contributed by atoms with E-state index in [2.05, 4.69) is 11.8 Å². The first-order valence-electron chi connectivity index (χ1n) is 5.20. The fraction of sp³-hybridized carbons (Fsp3) is 0.385. The molecule has 0 saturated carbocycles. The summed E-state index contributed by atoms with van der Waals surface area (Å²) in [5.41, 5.74) is 5.38. The molecule has 0 aliphatic rings. The maximum absolute atomic E-state index is 13.0. The molecule has 0 heterocycles. The van der Waals surface area contributed by atoms with Crippen LogP contribution in [0, 0.1) is 11.8 Å². The van der Waals surface area contributed by atoms with Crippen LogP contribution in [0.15, 0.2) is 12.1 Å². The third-order valence-corrected chi connectivity index (χ3v) is 2.36. The molecule has 0 aliphatic heterocycles. The monoisotopic (exact) mass is 241 g/mol. The summed E-state index contributed by atoms with van der Waals surface area (Å²) in [6.07, 6.45) is -4.41. The molecule has 0 bridgehead atoms. The summed E-state index contributed by atoms with van der Waals surface area (Å²) in [5, 5.41) is 0. The van der Waals surface area contributed by atoms with Gasteiger partial charge in [0.05, 0.1) is 5.56 Å². The zero-order valence-electron chi connectivity index (χ0n) is 9.94. The normalized spacial score (nSPS) is 11.2. The standard InChI is InChI=1S/C13H14F3N/c1-4-5-9-6-10(17)7-11(8(2)3)12(9)13(14,15)16/h6-8H,17H2,1-3H3. The molecule has 0 unspecified atom stereocenters. The van der Waals surface area contributed by atoms with Crippen molar-refractivity contribution in [3.05, 3.63) is 28.8 Å². The Morgan fingerprint density at radius 3 is 2.24 bits per heavy atom. The molecule has 0 amide bonds. The third-order valence-electron chi connectivity index (χ3n) is 2.36. The highest BCUT2D eigenvalue weighted by Crippen LogP contribution is 2.38. The molecule has 0 aromatic heterocycles. The van der Waals surface area contributed by atoms with Crippen molar-refractivity contribution in [3.63, 3.8) is 0 Å². The van der Waals surface area contributed by atoms with Crippen molar-refractivity contribution in [2.45, 2.75) is 32.9 Å². The smallest absolute Gasteiger partial charge is 0.399 e. The van der Waals surface area contributed by atoms with E-state index in [-0.39, 0.29) is 17.0 Å². The highest BCUT2D eigenvalue weighted by atomic mass is 19.4. The number of anilines is 1. The zero-order valence-corrected chi connectivity index (χ0v) is 9.94. The van der Waals surface area contributed by atoms with Gasteiger partial charge in [-0.25, -0.2) is 0 Å². The van der Waals surface area contributed by atoms with Gasteiger partial charge in [-0.05, 0) is 30.5 Å². The van der Waals surface area contributed by atoms with E-state index in [1.807, 2.05) is 0 Å². The third kappa shape index (κ3) is 2.94. The molecule has 0 saturated heterocycles. The summed E-state index contributed by atoms with van der Waals surface area (Å²) in [6, 6.07) is 2.64. The minimum atomic E-state index is -4.41. The molecule has 0 spiro atoms. The van der Waals surface area contributed by atoms with Gasteiger partial charge in [-0.1, -0.05) is 19.8 Å². The zero-order chi connectivity index (χ0) is 13.2. The van der Waals surface area contributed by atoms with E-state index >= 15 is 0 Å². The number of hydrogen-bond donors (Lipinski definition) is 1. The maximum atomic E-state index is 13.0. The van der Waals surface area contributed by atoms with Crippen LogP contribution >= 0.6 is 0 Å². The molecule has 0 fully saturated rings. The minimum absolute atomic E-state index is 0.0521. The summed E-state index contributed by atoms with van der Waals surface area (Å²) < 4.78 is 39.0. The Morgan fingerprint density at radius 2 is 1.82 bits per heavy atom. The molecule has 4 heteroatoms. The van der Waals surface area contributed by atoms with E-state index in [4.69, 9.17) is 5.73 Å². The predicted molar refractivity (Wildman–Crippen MR) is 62.5 cm³/mol. The number of hydrogen-bond acceptors (Lipinski definition) is 1. The first kappa shape index (κ1) is 13.4. The lowest BCUT2D eigenvalue weighted by molar-refractivity contribution is -0.138. The van der Waals surface area contributed by atoms with Crippen molar-refractivity contribution in [1.82, 2.24) is 0 Å². The molecular weight excluding hydrogens is 227 g/mol. The van der Waals surface area contributed by atoms with Crippen LogP contribution in [-0.2, 0) is 6.18 Å². The van der Waals surface area contributed by atoms with E-state index < -0.39 is 11.7 Å². The minimum Gasteiger partial charge on any atom is -0.399 e. The number of alkyl halides is 3. The molecule has 1 aromatic rings. The molecule has 0 aliphatic carbocycles. The SMILES string of the molecule is CC#Cc1cc(N)cc(C(C)C)c1C(F)(F)F. The topological polar surface area (TPSA) is 26.0 Å². The molecule has 1 aromatic carbocycles. The average Bonchev–Trinajstić information content (AvgIpc) is 2.14. The Morgan fingerprint density at radius 1 is 1.24 bits per heavy atom. The first-order valence-corrected chi connectivity index (χ1v) is 5.20. The number of rotatable bonds is 1. The van der Waals surface area contributed by atoms with E-state index in [1.54, 1.807) is 13.8 Å². The summed E-state index contributed by atoms with van der Waals surface area (Å²) in [5.74, 6) is 4.70. The Kier molecular flexibility index (Phi) is 3.72. The van der Waals surface area contributed by atoms with Crippen molar-refractivity contribution in [1.29, 1.82) is 0 Å². The van der Waals surface area contributed by atoms with Crippen molar-refractivity contribution in [2.24, 2.45) is 0 Å². The van der Waals surface area contributed by atoms with Crippen molar-refractivity contribution in [2.75, 3.05) is 5.73 Å². The van der Waals surface area contributed by atoms with Gasteiger partial charge in [0.25, 0.3) is 0 Å². The first-order chi connectivity index (χ1) is 7.77. The van der Waals surface area contributed by atoms with E-state index in [0.29, 0.717) is 5.69 Å². The van der Waals surface area contributed by atoms with Gasteiger partial charge in [-0.2, -0.15) is 13.2 Å². The lowest BCUT2D eigenvalue weighted by atomic mass is 9.92. The maximum Gasteiger partial charge on any atom is 0.417 e. The second-order valence-corrected chi connectivity index (χ2v) is 4.06. The van der Waals surface area contributed by atoms with Crippen LogP contribution in [0.2, 0.25) is 0 Å². The molecule has 1 nitrogen and oxygen atoms in total. The average molecular weight is 241 g/mol. The number of nitrogens with two attached hydrogens (primary N) is 1. The van der Waals surface area contributed by atoms with Crippen molar-refractivity contribution in [3.8, 4) is 11.8 Å². The summed E-state index contributed by atoms with van der Waals surface area (Å²) >= 11 is 0. The van der Waals surface area contributed by atoms with Crippen LogP contribution in [0.1, 0.15) is 43.4 Å². The van der Waals surface area contributed by atoms with Crippen LogP contribution in [0.5, 0.6) is 0 Å². The van der Waals surface area contributed by atoms with Crippen LogP contribution < -0.4 is 5.73 Å². The van der Waals surface area contributed by atoms with Gasteiger partial charge in [-0.15, -0.1) is 5.92 Å². The Labute approximate surface area is 98.8 Å². The molecule has 17 heavy (non-hydrogen) atoms. The number of nitrogen functional groups attached to an aromatic ring is 1. The largest absolute Gasteiger partial charge is 0.417 e. The molecule has 2 N–H and O–H groups in total. The lowest BCUT2D eigenvalue weighted by Gasteiger charge is -2.18. The Hall–Kier alpha value is -1.63. The summed E-state index contributed by atoms with van der Waals surface area (Å²) in [7, 11) is 0. The Balaban J connectivity index is 3.63. The summed E-state index contributed by atoms with van der Waals surface area (Å²) in [4.78, 5) is 0. The number of benzene rings is 1. The van der Waals surface area contributed by atoms with Gasteiger partial charge in [0, 0.05) is 11.3 Å². The lowest BCUT2D eigenvalue weighted by Crippen LogP contribution is -2.13. The predicted octanol–water partition coefficient (Wildman–Crippen LogP) is 3.78. The van der Waals surface area contributed by atoms with Crippen molar-refractivity contribution < 1.29 is 13.2 Å². The molecule has 1 rings (SSSR count). The molecule has 92 valence electrons. The van der Waals surface area contributed by atoms with E-state index in [1.165, 1.54) is 19.1 Å². The number of halogens is 3. The van der Waals surface area contributed by atoms with E-state index in [0.717, 1.165) is 0 Å². The molecule has 0 radical (unpaired) electrons. The summed E-state index contributed by atoms with van der Waals surface area (Å²) in [6.45, 7) is 4.90. The van der Waals surface area contributed by atoms with Gasteiger partial charge in [-0.3, -0.25) is 0 Å². The van der Waals surface area contributed by atoms with Gasteiger partial charge in [0.1, 0.15) is 0 Å². The van der Waals surface area contributed by atoms with Crippen LogP contribution in [0.3, 0.4) is 0 Å². The van der Waals surface area contributed by atoms with Crippen molar-refractivity contribution >= 4 is 5.69 Å². The van der Waals surface area contributed by atoms with Gasteiger partial charge in [0.2, 0.25) is 0 Å². The second kappa shape index (κ2) is 4.70.